The molecule has 1 heterocycles. The van der Waals surface area contributed by atoms with Crippen LogP contribution in [-0.4, -0.2) is 11.2 Å². The summed E-state index contributed by atoms with van der Waals surface area (Å²) in [5.74, 6) is 6.29. The van der Waals surface area contributed by atoms with Gasteiger partial charge in [0.1, 0.15) is 0 Å². The van der Waals surface area contributed by atoms with Gasteiger partial charge in [-0.25, -0.2) is 0 Å². The van der Waals surface area contributed by atoms with Gasteiger partial charge < -0.3 is 0 Å². The molecule has 0 N–H and O–H groups in total. The zero-order valence-electron chi connectivity index (χ0n) is 9.90. The van der Waals surface area contributed by atoms with Crippen molar-refractivity contribution in [2.24, 2.45) is 0 Å². The molecule has 1 nitrogen and oxygen atoms in total. The summed E-state index contributed by atoms with van der Waals surface area (Å²) in [5.41, 5.74) is 3.23. The normalized spacial score (nSPS) is 9.53. The largest absolute Gasteiger partial charge is 0.262 e. The lowest BCUT2D eigenvalue weighted by atomic mass is 10.1. The van der Waals surface area contributed by atoms with Crippen LogP contribution in [0.15, 0.2) is 47.6 Å². The summed E-state index contributed by atoms with van der Waals surface area (Å²) in [6.45, 7) is 2.07. The fourth-order valence-electron chi connectivity index (χ4n) is 1.47. The Bertz CT molecular complexity index is 579. The molecule has 0 amide bonds. The maximum absolute atomic E-state index is 4.16. The topological polar surface area (TPSA) is 12.9 Å². The van der Waals surface area contributed by atoms with E-state index in [0.717, 1.165) is 16.0 Å². The lowest BCUT2D eigenvalue weighted by Crippen LogP contribution is -1.81. The third-order valence-electron chi connectivity index (χ3n) is 2.32. The molecule has 0 fully saturated rings. The van der Waals surface area contributed by atoms with Crippen molar-refractivity contribution in [2.45, 2.75) is 11.8 Å². The first kappa shape index (κ1) is 11.8. The van der Waals surface area contributed by atoms with Crippen LogP contribution >= 0.6 is 11.8 Å². The number of rotatable bonds is 1. The summed E-state index contributed by atoms with van der Waals surface area (Å²) in [4.78, 5) is 5.30. The number of hydrogen-bond donors (Lipinski definition) is 0. The molecule has 1 aromatic heterocycles. The second-order valence-electron chi connectivity index (χ2n) is 3.73. The lowest BCUT2D eigenvalue weighted by molar-refractivity contribution is 1.23. The van der Waals surface area contributed by atoms with Crippen LogP contribution < -0.4 is 0 Å². The van der Waals surface area contributed by atoms with Crippen LogP contribution in [0.2, 0.25) is 0 Å². The van der Waals surface area contributed by atoms with Crippen LogP contribution in [0.5, 0.6) is 0 Å². The van der Waals surface area contributed by atoms with E-state index in [1.807, 2.05) is 24.6 Å². The summed E-state index contributed by atoms with van der Waals surface area (Å²) < 4.78 is 0. The van der Waals surface area contributed by atoms with Crippen LogP contribution in [0.1, 0.15) is 16.7 Å². The zero-order chi connectivity index (χ0) is 12.1. The Labute approximate surface area is 106 Å². The molecule has 0 bridgehead atoms. The number of aromatic nitrogens is 1. The maximum atomic E-state index is 4.16. The van der Waals surface area contributed by atoms with Gasteiger partial charge in [0.2, 0.25) is 0 Å². The summed E-state index contributed by atoms with van der Waals surface area (Å²) in [5, 5.41) is 0. The summed E-state index contributed by atoms with van der Waals surface area (Å²) in [7, 11) is 0. The number of hydrogen-bond acceptors (Lipinski definition) is 2. The highest BCUT2D eigenvalue weighted by Crippen LogP contribution is 2.13. The van der Waals surface area contributed by atoms with Crippen molar-refractivity contribution in [3.05, 3.63) is 59.4 Å². The van der Waals surface area contributed by atoms with Gasteiger partial charge in [-0.1, -0.05) is 24.0 Å². The Morgan fingerprint density at radius 1 is 1.06 bits per heavy atom. The number of pyridine rings is 1. The second kappa shape index (κ2) is 5.56. The van der Waals surface area contributed by atoms with Gasteiger partial charge in [-0.3, -0.25) is 4.98 Å². The van der Waals surface area contributed by atoms with Crippen LogP contribution in [0.25, 0.3) is 0 Å². The molecule has 0 aliphatic rings. The zero-order valence-corrected chi connectivity index (χ0v) is 10.7. The van der Waals surface area contributed by atoms with E-state index in [0.29, 0.717) is 0 Å². The molecule has 0 unspecified atom stereocenters. The Hall–Kier alpha value is -1.72. The van der Waals surface area contributed by atoms with E-state index < -0.39 is 0 Å². The van der Waals surface area contributed by atoms with Crippen molar-refractivity contribution in [3.8, 4) is 11.8 Å². The van der Waals surface area contributed by atoms with E-state index in [-0.39, 0.29) is 0 Å². The average Bonchev–Trinajstić information content (AvgIpc) is 2.37. The van der Waals surface area contributed by atoms with Crippen molar-refractivity contribution in [3.63, 3.8) is 0 Å². The molecule has 0 radical (unpaired) electrons. The number of benzene rings is 1. The molecule has 0 aliphatic carbocycles. The Morgan fingerprint density at radius 2 is 1.88 bits per heavy atom. The average molecular weight is 239 g/mol. The van der Waals surface area contributed by atoms with Gasteiger partial charge in [-0.05, 0) is 36.9 Å². The fraction of sp³-hybridized carbons (Fsp3) is 0.133. The summed E-state index contributed by atoms with van der Waals surface area (Å²) in [6.07, 6.45) is 5.68. The smallest absolute Gasteiger partial charge is 0.0443 e. The van der Waals surface area contributed by atoms with Gasteiger partial charge in [0.25, 0.3) is 0 Å². The highest BCUT2D eigenvalue weighted by atomic mass is 32.2. The second-order valence-corrected chi connectivity index (χ2v) is 4.61. The quantitative estimate of drug-likeness (QED) is 0.558. The molecular weight excluding hydrogens is 226 g/mol. The molecule has 1 aromatic carbocycles. The molecule has 2 aromatic rings. The van der Waals surface area contributed by atoms with Gasteiger partial charge in [-0.2, -0.15) is 0 Å². The van der Waals surface area contributed by atoms with E-state index >= 15 is 0 Å². The van der Waals surface area contributed by atoms with Gasteiger partial charge >= 0.3 is 0 Å². The van der Waals surface area contributed by atoms with Gasteiger partial charge in [0.05, 0.1) is 0 Å². The summed E-state index contributed by atoms with van der Waals surface area (Å²) in [6, 6.07) is 10.3. The fourth-order valence-corrected chi connectivity index (χ4v) is 1.88. The van der Waals surface area contributed by atoms with Crippen molar-refractivity contribution in [1.82, 2.24) is 4.98 Å². The van der Waals surface area contributed by atoms with Crippen molar-refractivity contribution in [1.29, 1.82) is 0 Å². The standard InChI is InChI=1S/C15H13NS/c1-12-4-3-5-13(8-12)6-7-14-9-15(17-2)11-16-10-14/h3-5,8-11H,1-2H3. The van der Waals surface area contributed by atoms with Gasteiger partial charge in [0.15, 0.2) is 0 Å². The Balaban J connectivity index is 2.26. The minimum absolute atomic E-state index is 0.957. The maximum Gasteiger partial charge on any atom is 0.0443 e. The first-order valence-electron chi connectivity index (χ1n) is 5.35. The number of aryl methyl sites for hydroxylation is 1. The lowest BCUT2D eigenvalue weighted by Gasteiger charge is -1.95. The molecular formula is C15H13NS. The van der Waals surface area contributed by atoms with E-state index in [4.69, 9.17) is 0 Å². The van der Waals surface area contributed by atoms with Crippen molar-refractivity contribution >= 4 is 11.8 Å². The molecule has 2 heteroatoms. The predicted octanol–water partition coefficient (Wildman–Crippen LogP) is 3.51. The molecule has 0 aliphatic heterocycles. The molecule has 0 saturated carbocycles. The molecule has 0 spiro atoms. The number of thioether (sulfide) groups is 1. The molecule has 84 valence electrons. The first-order chi connectivity index (χ1) is 8.28. The monoisotopic (exact) mass is 239 g/mol. The van der Waals surface area contributed by atoms with E-state index in [1.54, 1.807) is 18.0 Å². The van der Waals surface area contributed by atoms with Crippen molar-refractivity contribution in [2.75, 3.05) is 6.26 Å². The highest BCUT2D eigenvalue weighted by molar-refractivity contribution is 7.98. The molecule has 0 saturated heterocycles. The Kier molecular flexibility index (Phi) is 3.85. The minimum atomic E-state index is 0.957. The number of nitrogens with zero attached hydrogens (tertiary/aromatic N) is 1. The first-order valence-corrected chi connectivity index (χ1v) is 6.58. The van der Waals surface area contributed by atoms with Gasteiger partial charge in [-0.15, -0.1) is 11.8 Å². The van der Waals surface area contributed by atoms with Crippen LogP contribution in [-0.2, 0) is 0 Å². The third kappa shape index (κ3) is 3.37. The Morgan fingerprint density at radius 3 is 2.65 bits per heavy atom. The molecule has 17 heavy (non-hydrogen) atoms. The van der Waals surface area contributed by atoms with Crippen LogP contribution in [0, 0.1) is 18.8 Å². The van der Waals surface area contributed by atoms with E-state index in [9.17, 15) is 0 Å². The highest BCUT2D eigenvalue weighted by Gasteiger charge is 1.92. The SMILES string of the molecule is CSc1cncc(C#Cc2cccc(C)c2)c1. The van der Waals surface area contributed by atoms with Crippen LogP contribution in [0.4, 0.5) is 0 Å². The molecule has 2 rings (SSSR count). The predicted molar refractivity (Wildman–Crippen MR) is 73.2 cm³/mol. The van der Waals surface area contributed by atoms with Gasteiger partial charge in [0, 0.05) is 28.4 Å². The third-order valence-corrected chi connectivity index (χ3v) is 3.01. The molecule has 0 atom stereocenters. The van der Waals surface area contributed by atoms with E-state index in [1.165, 1.54) is 5.56 Å². The summed E-state index contributed by atoms with van der Waals surface area (Å²) >= 11 is 1.68. The van der Waals surface area contributed by atoms with E-state index in [2.05, 4.69) is 41.9 Å². The minimum Gasteiger partial charge on any atom is -0.262 e. The van der Waals surface area contributed by atoms with Crippen LogP contribution in [0.3, 0.4) is 0 Å². The van der Waals surface area contributed by atoms with Crippen molar-refractivity contribution < 1.29 is 0 Å².